The van der Waals surface area contributed by atoms with Crippen molar-refractivity contribution < 1.29 is 27.2 Å². The molecule has 1 aromatic rings. The summed E-state index contributed by atoms with van der Waals surface area (Å²) in [6, 6.07) is 4.82. The van der Waals surface area contributed by atoms with E-state index in [0.29, 0.717) is 25.9 Å². The van der Waals surface area contributed by atoms with E-state index in [1.54, 1.807) is 4.90 Å². The fourth-order valence-corrected chi connectivity index (χ4v) is 5.17. The number of piperidine rings is 1. The second kappa shape index (κ2) is 8.58. The summed E-state index contributed by atoms with van der Waals surface area (Å²) in [4.78, 5) is 38.3. The highest BCUT2D eigenvalue weighted by atomic mass is 32.2. The van der Waals surface area contributed by atoms with Crippen molar-refractivity contribution in [1.29, 1.82) is 0 Å². The van der Waals surface area contributed by atoms with E-state index in [1.165, 1.54) is 17.0 Å². The second-order valence-corrected chi connectivity index (χ2v) is 9.17. The SMILES string of the molecule is O=C(CCNS(=O)(=O)c1ccccc1F)N1CCC(N2C(=O)CSC2=O)CC1. The molecule has 3 amide bonds. The van der Waals surface area contributed by atoms with Gasteiger partial charge in [0.05, 0.1) is 5.75 Å². The number of nitrogens with zero attached hydrogens (tertiary/aromatic N) is 2. The zero-order chi connectivity index (χ0) is 20.3. The van der Waals surface area contributed by atoms with E-state index >= 15 is 0 Å². The third-order valence-corrected chi connectivity index (χ3v) is 7.05. The smallest absolute Gasteiger partial charge is 0.289 e. The summed E-state index contributed by atoms with van der Waals surface area (Å²) >= 11 is 0.992. The molecule has 1 aromatic carbocycles. The Labute approximate surface area is 166 Å². The number of sulfonamides is 1. The van der Waals surface area contributed by atoms with Crippen LogP contribution < -0.4 is 4.72 Å². The predicted octanol–water partition coefficient (Wildman–Crippen LogP) is 1.18. The second-order valence-electron chi connectivity index (χ2n) is 6.51. The van der Waals surface area contributed by atoms with Crippen LogP contribution in [0.3, 0.4) is 0 Å². The first-order valence-electron chi connectivity index (χ1n) is 8.80. The largest absolute Gasteiger partial charge is 0.343 e. The first kappa shape index (κ1) is 20.7. The number of carbonyl (C=O) groups is 3. The van der Waals surface area contributed by atoms with Gasteiger partial charge < -0.3 is 4.90 Å². The van der Waals surface area contributed by atoms with E-state index in [0.717, 1.165) is 23.9 Å². The minimum Gasteiger partial charge on any atom is -0.343 e. The molecule has 0 aromatic heterocycles. The molecular formula is C17H20FN3O5S2. The van der Waals surface area contributed by atoms with Gasteiger partial charge in [0.2, 0.25) is 21.8 Å². The van der Waals surface area contributed by atoms with Crippen LogP contribution >= 0.6 is 11.8 Å². The summed E-state index contributed by atoms with van der Waals surface area (Å²) in [7, 11) is -4.03. The molecule has 0 spiro atoms. The fourth-order valence-electron chi connectivity index (χ4n) is 3.28. The average molecular weight is 429 g/mol. The maximum absolute atomic E-state index is 13.6. The number of carbonyl (C=O) groups excluding carboxylic acids is 3. The first-order valence-corrected chi connectivity index (χ1v) is 11.3. The summed E-state index contributed by atoms with van der Waals surface area (Å²) in [5.74, 6) is -1.11. The van der Waals surface area contributed by atoms with Crippen molar-refractivity contribution >= 4 is 38.8 Å². The zero-order valence-electron chi connectivity index (χ0n) is 15.0. The lowest BCUT2D eigenvalue weighted by Gasteiger charge is -2.35. The van der Waals surface area contributed by atoms with Gasteiger partial charge in [0.15, 0.2) is 0 Å². The van der Waals surface area contributed by atoms with Crippen LogP contribution in [-0.2, 0) is 19.6 Å². The lowest BCUT2D eigenvalue weighted by Crippen LogP contribution is -2.48. The van der Waals surface area contributed by atoms with Gasteiger partial charge in [-0.25, -0.2) is 17.5 Å². The van der Waals surface area contributed by atoms with Crippen LogP contribution in [0.15, 0.2) is 29.2 Å². The van der Waals surface area contributed by atoms with Crippen LogP contribution in [0, 0.1) is 5.82 Å². The van der Waals surface area contributed by atoms with Crippen LogP contribution in [0.25, 0.3) is 0 Å². The molecule has 28 heavy (non-hydrogen) atoms. The van der Waals surface area contributed by atoms with Crippen molar-refractivity contribution in [2.24, 2.45) is 0 Å². The molecule has 2 saturated heterocycles. The fraction of sp³-hybridized carbons (Fsp3) is 0.471. The third kappa shape index (κ3) is 4.53. The molecule has 2 fully saturated rings. The number of amides is 3. The van der Waals surface area contributed by atoms with Gasteiger partial charge in [-0.1, -0.05) is 23.9 Å². The Morgan fingerprint density at radius 3 is 2.50 bits per heavy atom. The molecule has 2 aliphatic heterocycles. The molecule has 0 aliphatic carbocycles. The van der Waals surface area contributed by atoms with Gasteiger partial charge >= 0.3 is 0 Å². The van der Waals surface area contributed by atoms with E-state index < -0.39 is 20.7 Å². The van der Waals surface area contributed by atoms with Crippen molar-refractivity contribution in [2.75, 3.05) is 25.4 Å². The van der Waals surface area contributed by atoms with Gasteiger partial charge in [0.25, 0.3) is 5.24 Å². The summed E-state index contributed by atoms with van der Waals surface area (Å²) in [6.07, 6.45) is 0.950. The van der Waals surface area contributed by atoms with Gasteiger partial charge in [0, 0.05) is 32.1 Å². The van der Waals surface area contributed by atoms with Crippen molar-refractivity contribution in [1.82, 2.24) is 14.5 Å². The topological polar surface area (TPSA) is 104 Å². The number of benzene rings is 1. The first-order chi connectivity index (χ1) is 13.3. The lowest BCUT2D eigenvalue weighted by atomic mass is 10.0. The highest BCUT2D eigenvalue weighted by Crippen LogP contribution is 2.26. The van der Waals surface area contributed by atoms with Gasteiger partial charge in [-0.3, -0.25) is 19.3 Å². The Bertz CT molecular complexity index is 869. The molecule has 0 radical (unpaired) electrons. The van der Waals surface area contributed by atoms with Crippen LogP contribution in [0.1, 0.15) is 19.3 Å². The number of nitrogens with one attached hydrogen (secondary N) is 1. The average Bonchev–Trinajstić information content (AvgIpc) is 3.00. The maximum atomic E-state index is 13.6. The highest BCUT2D eigenvalue weighted by Gasteiger charge is 2.37. The Balaban J connectivity index is 1.47. The summed E-state index contributed by atoms with van der Waals surface area (Å²) in [6.45, 7) is 0.645. The van der Waals surface area contributed by atoms with Crippen molar-refractivity contribution in [3.8, 4) is 0 Å². The van der Waals surface area contributed by atoms with Gasteiger partial charge in [-0.2, -0.15) is 0 Å². The number of rotatable bonds is 6. The van der Waals surface area contributed by atoms with E-state index in [4.69, 9.17) is 0 Å². The van der Waals surface area contributed by atoms with Crippen LogP contribution in [0.2, 0.25) is 0 Å². The van der Waals surface area contributed by atoms with E-state index in [-0.39, 0.29) is 41.8 Å². The van der Waals surface area contributed by atoms with Gasteiger partial charge in [0.1, 0.15) is 10.7 Å². The number of imide groups is 1. The van der Waals surface area contributed by atoms with Crippen molar-refractivity contribution in [3.63, 3.8) is 0 Å². The minimum atomic E-state index is -4.03. The normalized spacial score (nSPS) is 18.8. The molecule has 8 nitrogen and oxygen atoms in total. The molecule has 152 valence electrons. The van der Waals surface area contributed by atoms with E-state index in [9.17, 15) is 27.2 Å². The maximum Gasteiger partial charge on any atom is 0.289 e. The molecule has 1 N–H and O–H groups in total. The predicted molar refractivity (Wildman–Crippen MR) is 101 cm³/mol. The number of hydrogen-bond donors (Lipinski definition) is 1. The van der Waals surface area contributed by atoms with Crippen LogP contribution in [0.4, 0.5) is 9.18 Å². The molecule has 2 heterocycles. The number of hydrogen-bond acceptors (Lipinski definition) is 6. The Morgan fingerprint density at radius 1 is 1.21 bits per heavy atom. The molecular weight excluding hydrogens is 409 g/mol. The van der Waals surface area contributed by atoms with Gasteiger partial charge in [-0.15, -0.1) is 0 Å². The van der Waals surface area contributed by atoms with Crippen LogP contribution in [0.5, 0.6) is 0 Å². The summed E-state index contributed by atoms with van der Waals surface area (Å²) in [5, 5.41) is -0.239. The summed E-state index contributed by atoms with van der Waals surface area (Å²) < 4.78 is 40.1. The quantitative estimate of drug-likeness (QED) is 0.728. The monoisotopic (exact) mass is 429 g/mol. The van der Waals surface area contributed by atoms with E-state index in [2.05, 4.69) is 4.72 Å². The van der Waals surface area contributed by atoms with Gasteiger partial charge in [-0.05, 0) is 25.0 Å². The molecule has 0 unspecified atom stereocenters. The Morgan fingerprint density at radius 2 is 1.89 bits per heavy atom. The zero-order valence-corrected chi connectivity index (χ0v) is 16.6. The minimum absolute atomic E-state index is 0.0597. The third-order valence-electron chi connectivity index (χ3n) is 4.72. The van der Waals surface area contributed by atoms with Crippen molar-refractivity contribution in [2.45, 2.75) is 30.2 Å². The summed E-state index contributed by atoms with van der Waals surface area (Å²) in [5.41, 5.74) is 0. The Hall–Kier alpha value is -1.98. The van der Waals surface area contributed by atoms with Crippen molar-refractivity contribution in [3.05, 3.63) is 30.1 Å². The molecule has 2 aliphatic rings. The number of halogens is 1. The molecule has 0 saturated carbocycles. The number of likely N-dealkylation sites (tertiary alicyclic amines) is 1. The van der Waals surface area contributed by atoms with Crippen LogP contribution in [-0.4, -0.2) is 66.7 Å². The number of thioether (sulfide) groups is 1. The van der Waals surface area contributed by atoms with E-state index in [1.807, 2.05) is 0 Å². The molecule has 0 bridgehead atoms. The lowest BCUT2D eigenvalue weighted by molar-refractivity contribution is -0.133. The Kier molecular flexibility index (Phi) is 6.36. The highest BCUT2D eigenvalue weighted by molar-refractivity contribution is 8.14. The molecule has 0 atom stereocenters. The molecule has 11 heteroatoms. The standard InChI is InChI=1S/C17H20FN3O5S2/c18-13-3-1-2-4-14(13)28(25,26)19-8-5-15(22)20-9-6-12(7-10-20)21-16(23)11-27-17(21)24/h1-4,12,19H,5-11H2. The molecule has 3 rings (SSSR count).